The lowest BCUT2D eigenvalue weighted by Crippen LogP contribution is -2.13. The average molecular weight is 317 g/mol. The predicted molar refractivity (Wildman–Crippen MR) is 85.2 cm³/mol. The van der Waals surface area contributed by atoms with Gasteiger partial charge in [0.05, 0.1) is 7.11 Å². The quantitative estimate of drug-likeness (QED) is 0.883. The lowest BCUT2D eigenvalue weighted by molar-refractivity contribution is 0.0693. The molecule has 0 fully saturated rings. The number of aromatic nitrogens is 2. The largest absolute Gasteiger partial charge is 0.496 e. The van der Waals surface area contributed by atoms with Gasteiger partial charge in [-0.05, 0) is 24.1 Å². The third-order valence-corrected chi connectivity index (χ3v) is 3.43. The predicted octanol–water partition coefficient (Wildman–Crippen LogP) is 2.50. The number of carboxylic acids is 1. The van der Waals surface area contributed by atoms with E-state index in [9.17, 15) is 9.59 Å². The SMILES string of the molecule is COc1cc(NC(=O)c2cc(C(C)C)n(C)n2)ccc1C(=O)O. The Balaban J connectivity index is 2.23. The van der Waals surface area contributed by atoms with Crippen LogP contribution in [0.2, 0.25) is 0 Å². The van der Waals surface area contributed by atoms with Crippen LogP contribution in [0, 0.1) is 0 Å². The second-order valence-electron chi connectivity index (χ2n) is 5.41. The Morgan fingerprint density at radius 1 is 1.30 bits per heavy atom. The molecule has 0 aliphatic rings. The molecule has 1 aromatic heterocycles. The first-order valence-electron chi connectivity index (χ1n) is 7.10. The fourth-order valence-corrected chi connectivity index (χ4v) is 2.27. The first kappa shape index (κ1) is 16.5. The van der Waals surface area contributed by atoms with Gasteiger partial charge in [-0.2, -0.15) is 5.10 Å². The third-order valence-electron chi connectivity index (χ3n) is 3.43. The Kier molecular flexibility index (Phi) is 4.68. The number of nitrogens with zero attached hydrogens (tertiary/aromatic N) is 2. The highest BCUT2D eigenvalue weighted by Crippen LogP contribution is 2.24. The van der Waals surface area contributed by atoms with Crippen molar-refractivity contribution in [1.29, 1.82) is 0 Å². The molecule has 2 rings (SSSR count). The zero-order valence-corrected chi connectivity index (χ0v) is 13.5. The summed E-state index contributed by atoms with van der Waals surface area (Å²) in [6.07, 6.45) is 0. The van der Waals surface area contributed by atoms with E-state index in [1.54, 1.807) is 17.8 Å². The van der Waals surface area contributed by atoms with E-state index in [0.717, 1.165) is 5.69 Å². The van der Waals surface area contributed by atoms with Gasteiger partial charge in [0, 0.05) is 24.5 Å². The molecule has 0 spiro atoms. The summed E-state index contributed by atoms with van der Waals surface area (Å²) in [5, 5.41) is 15.9. The molecular weight excluding hydrogens is 298 g/mol. The number of hydrogen-bond donors (Lipinski definition) is 2. The van der Waals surface area contributed by atoms with E-state index >= 15 is 0 Å². The van der Waals surface area contributed by atoms with Crippen molar-refractivity contribution in [3.05, 3.63) is 41.2 Å². The molecule has 0 saturated carbocycles. The number of anilines is 1. The molecule has 0 atom stereocenters. The number of aromatic carboxylic acids is 1. The summed E-state index contributed by atoms with van der Waals surface area (Å²) in [5.41, 5.74) is 1.73. The van der Waals surface area contributed by atoms with Crippen LogP contribution in [-0.4, -0.2) is 33.9 Å². The van der Waals surface area contributed by atoms with E-state index in [0.29, 0.717) is 11.4 Å². The maximum absolute atomic E-state index is 12.3. The zero-order chi connectivity index (χ0) is 17.1. The van der Waals surface area contributed by atoms with Crippen LogP contribution in [0.5, 0.6) is 5.75 Å². The summed E-state index contributed by atoms with van der Waals surface area (Å²) in [6.45, 7) is 4.04. The summed E-state index contributed by atoms with van der Waals surface area (Å²) in [5.74, 6) is -1.02. The molecule has 1 amide bonds. The number of rotatable bonds is 5. The van der Waals surface area contributed by atoms with E-state index in [2.05, 4.69) is 10.4 Å². The summed E-state index contributed by atoms with van der Waals surface area (Å²) in [7, 11) is 3.16. The van der Waals surface area contributed by atoms with Crippen LogP contribution in [0.4, 0.5) is 5.69 Å². The van der Waals surface area contributed by atoms with E-state index in [1.165, 1.54) is 25.3 Å². The summed E-state index contributed by atoms with van der Waals surface area (Å²) in [6, 6.07) is 6.10. The van der Waals surface area contributed by atoms with Gasteiger partial charge < -0.3 is 15.2 Å². The molecule has 2 N–H and O–H groups in total. The second-order valence-corrected chi connectivity index (χ2v) is 5.41. The van der Waals surface area contributed by atoms with Crippen LogP contribution in [0.25, 0.3) is 0 Å². The van der Waals surface area contributed by atoms with Crippen LogP contribution >= 0.6 is 0 Å². The van der Waals surface area contributed by atoms with Crippen molar-refractivity contribution in [2.24, 2.45) is 7.05 Å². The van der Waals surface area contributed by atoms with Crippen molar-refractivity contribution in [2.75, 3.05) is 12.4 Å². The van der Waals surface area contributed by atoms with Crippen molar-refractivity contribution in [2.45, 2.75) is 19.8 Å². The monoisotopic (exact) mass is 317 g/mol. The van der Waals surface area contributed by atoms with Crippen LogP contribution in [0.3, 0.4) is 0 Å². The van der Waals surface area contributed by atoms with Crippen molar-refractivity contribution in [3.63, 3.8) is 0 Å². The van der Waals surface area contributed by atoms with Crippen LogP contribution < -0.4 is 10.1 Å². The molecule has 1 aromatic carbocycles. The highest BCUT2D eigenvalue weighted by Gasteiger charge is 2.16. The molecule has 0 aliphatic carbocycles. The molecule has 2 aromatic rings. The first-order valence-corrected chi connectivity index (χ1v) is 7.10. The molecule has 23 heavy (non-hydrogen) atoms. The van der Waals surface area contributed by atoms with E-state index in [-0.39, 0.29) is 23.1 Å². The Morgan fingerprint density at radius 2 is 2.00 bits per heavy atom. The van der Waals surface area contributed by atoms with Crippen molar-refractivity contribution < 1.29 is 19.4 Å². The minimum absolute atomic E-state index is 0.0328. The van der Waals surface area contributed by atoms with Gasteiger partial charge >= 0.3 is 5.97 Å². The molecule has 0 radical (unpaired) electrons. The number of methoxy groups -OCH3 is 1. The number of amides is 1. The molecule has 7 heteroatoms. The lowest BCUT2D eigenvalue weighted by Gasteiger charge is -2.08. The fraction of sp³-hybridized carbons (Fsp3) is 0.312. The van der Waals surface area contributed by atoms with Crippen LogP contribution in [0.15, 0.2) is 24.3 Å². The molecule has 1 heterocycles. The van der Waals surface area contributed by atoms with Gasteiger partial charge in [-0.1, -0.05) is 13.8 Å². The summed E-state index contributed by atoms with van der Waals surface area (Å²) >= 11 is 0. The molecule has 122 valence electrons. The normalized spacial score (nSPS) is 10.7. The minimum atomic E-state index is -1.09. The van der Waals surface area contributed by atoms with Gasteiger partial charge in [-0.3, -0.25) is 9.48 Å². The minimum Gasteiger partial charge on any atom is -0.496 e. The Hall–Kier alpha value is -2.83. The van der Waals surface area contributed by atoms with Crippen LogP contribution in [0.1, 0.15) is 46.3 Å². The van der Waals surface area contributed by atoms with Gasteiger partial charge in [0.15, 0.2) is 5.69 Å². The number of carboxylic acid groups (broad SMARTS) is 1. The van der Waals surface area contributed by atoms with Crippen LogP contribution in [-0.2, 0) is 7.05 Å². The molecular formula is C16H19N3O4. The number of hydrogen-bond acceptors (Lipinski definition) is 4. The number of nitrogens with one attached hydrogen (secondary N) is 1. The highest BCUT2D eigenvalue weighted by atomic mass is 16.5. The first-order chi connectivity index (χ1) is 10.8. The van der Waals surface area contributed by atoms with Gasteiger partial charge in [0.25, 0.3) is 5.91 Å². The number of ether oxygens (including phenoxy) is 1. The number of carbonyl (C=O) groups excluding carboxylic acids is 1. The van der Waals surface area contributed by atoms with E-state index in [1.807, 2.05) is 13.8 Å². The number of carbonyl (C=O) groups is 2. The van der Waals surface area contributed by atoms with Gasteiger partial charge in [-0.15, -0.1) is 0 Å². The van der Waals surface area contributed by atoms with Crippen molar-refractivity contribution in [3.8, 4) is 5.75 Å². The molecule has 0 bridgehead atoms. The Bertz CT molecular complexity index is 750. The highest BCUT2D eigenvalue weighted by molar-refractivity contribution is 6.03. The van der Waals surface area contributed by atoms with E-state index < -0.39 is 5.97 Å². The molecule has 7 nitrogen and oxygen atoms in total. The standard InChI is InChI=1S/C16H19N3O4/c1-9(2)13-8-12(18-19(13)3)15(20)17-10-5-6-11(16(21)22)14(7-10)23-4/h5-9H,1-4H3,(H,17,20)(H,21,22). The topological polar surface area (TPSA) is 93.5 Å². The lowest BCUT2D eigenvalue weighted by atomic mass is 10.1. The van der Waals surface area contributed by atoms with Crippen molar-refractivity contribution in [1.82, 2.24) is 9.78 Å². The molecule has 0 unspecified atom stereocenters. The van der Waals surface area contributed by atoms with E-state index in [4.69, 9.17) is 9.84 Å². The summed E-state index contributed by atoms with van der Waals surface area (Å²) < 4.78 is 6.71. The maximum atomic E-state index is 12.3. The van der Waals surface area contributed by atoms with Gasteiger partial charge in [0.2, 0.25) is 0 Å². The second kappa shape index (κ2) is 6.51. The van der Waals surface area contributed by atoms with Gasteiger partial charge in [0.1, 0.15) is 11.3 Å². The Labute approximate surface area is 133 Å². The Morgan fingerprint density at radius 3 is 2.52 bits per heavy atom. The summed E-state index contributed by atoms with van der Waals surface area (Å²) in [4.78, 5) is 23.3. The molecule has 0 saturated heterocycles. The number of benzene rings is 1. The zero-order valence-electron chi connectivity index (χ0n) is 13.5. The van der Waals surface area contributed by atoms with Gasteiger partial charge in [-0.25, -0.2) is 4.79 Å². The molecule has 0 aliphatic heterocycles. The fourth-order valence-electron chi connectivity index (χ4n) is 2.27. The third kappa shape index (κ3) is 3.50. The van der Waals surface area contributed by atoms with Crippen molar-refractivity contribution >= 4 is 17.6 Å². The smallest absolute Gasteiger partial charge is 0.339 e. The maximum Gasteiger partial charge on any atom is 0.339 e. The number of aryl methyl sites for hydroxylation is 1. The average Bonchev–Trinajstić information content (AvgIpc) is 2.89.